The summed E-state index contributed by atoms with van der Waals surface area (Å²) in [5.41, 5.74) is 11.2. The molecule has 0 saturated heterocycles. The lowest BCUT2D eigenvalue weighted by atomic mass is 9.50. The molecule has 0 fully saturated rings. The van der Waals surface area contributed by atoms with E-state index in [1.165, 1.54) is 0 Å². The lowest BCUT2D eigenvalue weighted by molar-refractivity contribution is 0.147. The van der Waals surface area contributed by atoms with Gasteiger partial charge in [-0.2, -0.15) is 10.5 Å². The van der Waals surface area contributed by atoms with Gasteiger partial charge in [-0.15, -0.1) is 0 Å². The van der Waals surface area contributed by atoms with Crippen molar-refractivity contribution in [2.24, 2.45) is 57.2 Å². The topological polar surface area (TPSA) is 102 Å². The van der Waals surface area contributed by atoms with Crippen LogP contribution in [0.15, 0.2) is 243 Å². The highest BCUT2D eigenvalue weighted by Gasteiger charge is 2.39. The second-order valence-electron chi connectivity index (χ2n) is 36.7. The Morgan fingerprint density at radius 2 is 0.691 bits per heavy atom. The number of fused-ring (bicyclic) bond motifs is 3. The van der Waals surface area contributed by atoms with Crippen molar-refractivity contribution in [3.8, 4) is 46.2 Å². The maximum atomic E-state index is 12.9. The van der Waals surface area contributed by atoms with Gasteiger partial charge < -0.3 is 18.4 Å². The van der Waals surface area contributed by atoms with Gasteiger partial charge in [-0.25, -0.2) is 9.97 Å². The minimum absolute atomic E-state index is 0.125. The molecule has 4 aromatic heterocycles. The Labute approximate surface area is 657 Å². The summed E-state index contributed by atoms with van der Waals surface area (Å²) in [6.45, 7) is 37.8. The molecule has 0 bridgehead atoms. The number of hydrogen-bond acceptors (Lipinski definition) is 6. The molecule has 0 N–H and O–H groups in total. The van der Waals surface area contributed by atoms with Gasteiger partial charge in [0.1, 0.15) is 34.8 Å². The molecule has 0 spiro atoms. The average Bonchev–Trinajstić information content (AvgIpc) is 1.52. The van der Waals surface area contributed by atoms with Crippen LogP contribution in [0, 0.1) is 79.8 Å². The summed E-state index contributed by atoms with van der Waals surface area (Å²) in [4.78, 5) is 11.1. The molecule has 8 aromatic carbocycles. The highest BCUT2D eigenvalue weighted by atomic mass is 16.5. The third kappa shape index (κ3) is 19.3. The quantitative estimate of drug-likeness (QED) is 0.0453. The summed E-state index contributed by atoms with van der Waals surface area (Å²) in [5.74, 6) is 3.92. The zero-order valence-corrected chi connectivity index (χ0v) is 68.3. The van der Waals surface area contributed by atoms with Gasteiger partial charge in [0.25, 0.3) is 0 Å². The number of pyridine rings is 2. The van der Waals surface area contributed by atoms with E-state index in [-0.39, 0.29) is 33.5 Å². The van der Waals surface area contributed by atoms with E-state index in [0.29, 0.717) is 70.1 Å². The van der Waals surface area contributed by atoms with Crippen LogP contribution in [0.4, 0.5) is 0 Å². The van der Waals surface area contributed by atoms with Crippen molar-refractivity contribution < 1.29 is 9.47 Å². The first kappa shape index (κ1) is 79.4. The van der Waals surface area contributed by atoms with Crippen LogP contribution in [0.3, 0.4) is 0 Å². The van der Waals surface area contributed by atoms with E-state index in [4.69, 9.17) is 19.4 Å². The SMILES string of the molecule is CC(CCC(COc1cccc(-c2c3/c(=C(\C#N)c4ccc5ccccc5n4)n(B(c4ccccc4)c4ccccc4)c(-c4cccc(OCC(CCC(C)CC(C)(C)C)C(C)CC(C)(C)C)c4)c3/c(=C(\C#N)c3ccc4ccccc4n3)n2B(c2ccccc2)c2ccccc2)c1)C(C)CC(C)(C)C)CC(C)(C)C. The van der Waals surface area contributed by atoms with Crippen LogP contribution < -0.4 is 42.0 Å². The minimum Gasteiger partial charge on any atom is -0.493 e. The van der Waals surface area contributed by atoms with Crippen molar-refractivity contribution in [1.82, 2.24) is 18.9 Å². The summed E-state index contributed by atoms with van der Waals surface area (Å²) in [6.07, 6.45) is 8.75. The molecule has 562 valence electrons. The third-order valence-corrected chi connectivity index (χ3v) is 22.1. The Bertz CT molecular complexity index is 4920. The summed E-state index contributed by atoms with van der Waals surface area (Å²) in [7, 11) is 0. The van der Waals surface area contributed by atoms with Crippen molar-refractivity contribution >= 4 is 79.3 Å². The fraction of sp³-hybridized carbons (Fsp3) is 0.360. The smallest absolute Gasteiger partial charge is 0.328 e. The predicted octanol–water partition coefficient (Wildman–Crippen LogP) is 21.5. The molecule has 0 aliphatic carbocycles. The van der Waals surface area contributed by atoms with Crippen LogP contribution in [0.25, 0.3) is 66.2 Å². The van der Waals surface area contributed by atoms with Crippen molar-refractivity contribution in [1.29, 1.82) is 10.5 Å². The van der Waals surface area contributed by atoms with Crippen LogP contribution in [0.2, 0.25) is 0 Å². The van der Waals surface area contributed by atoms with E-state index < -0.39 is 13.7 Å². The van der Waals surface area contributed by atoms with E-state index in [1.807, 2.05) is 48.5 Å². The highest BCUT2D eigenvalue weighted by Crippen LogP contribution is 2.41. The third-order valence-electron chi connectivity index (χ3n) is 22.1. The number of aromatic nitrogens is 4. The zero-order chi connectivity index (χ0) is 78.1. The van der Waals surface area contributed by atoms with Crippen LogP contribution in [-0.2, 0) is 0 Å². The van der Waals surface area contributed by atoms with Gasteiger partial charge in [0, 0.05) is 44.1 Å². The molecule has 0 radical (unpaired) electrons. The Hall–Kier alpha value is -10.2. The second-order valence-corrected chi connectivity index (χ2v) is 36.7. The van der Waals surface area contributed by atoms with E-state index in [1.54, 1.807) is 0 Å². The zero-order valence-electron chi connectivity index (χ0n) is 68.3. The Kier molecular flexibility index (Phi) is 24.8. The Morgan fingerprint density at radius 3 is 1.01 bits per heavy atom. The molecule has 110 heavy (non-hydrogen) atoms. The first-order chi connectivity index (χ1) is 52.6. The molecule has 0 saturated carbocycles. The minimum atomic E-state index is -0.591. The molecule has 10 heteroatoms. The standard InChI is InChI=1S/C100H114B2N6O2/c1-69(61-97(5,6)7)51-53-77(71(3)63-99(11,12)13)67-109-83-47-33-37-75(59-83)93-91-92(96(86(66-104)90-58-56-74-36-30-32-50-88(74)106-90)107(93)101(79-39-21-17-22-40-79)80-41-23-18-24-42-80)94(76-38-34-48-84(60-76)110-68-78(72(4)64-100(14,15)16)54-52-70(2)62-98(8,9)10)108(102(81-43-25-19-26-44-81)82-45-27-20-28-46-82)95(91)85(65-103)89-57-55-73-35-29-31-49-87(73)105-89/h17-50,55-60,69-72,77-78H,51-54,61-64,67-68H2,1-16H3/b95-85-,96-86-. The van der Waals surface area contributed by atoms with Gasteiger partial charge in [0.2, 0.25) is 0 Å². The summed E-state index contributed by atoms with van der Waals surface area (Å²) in [6, 6.07) is 90.4. The fourth-order valence-electron chi connectivity index (χ4n) is 17.9. The number of nitrogens with zero attached hydrogens (tertiary/aromatic N) is 6. The van der Waals surface area contributed by atoms with E-state index >= 15 is 0 Å². The highest BCUT2D eigenvalue weighted by molar-refractivity contribution is 6.85. The number of benzene rings is 8. The van der Waals surface area contributed by atoms with Gasteiger partial charge in [-0.1, -0.05) is 340 Å². The lowest BCUT2D eigenvalue weighted by Crippen LogP contribution is -2.54. The van der Waals surface area contributed by atoms with Crippen LogP contribution in [0.1, 0.15) is 174 Å². The van der Waals surface area contributed by atoms with Crippen molar-refractivity contribution in [2.45, 2.75) is 162 Å². The molecular weight excluding hydrogens is 1340 g/mol. The molecule has 6 atom stereocenters. The van der Waals surface area contributed by atoms with Crippen molar-refractivity contribution in [3.05, 3.63) is 265 Å². The van der Waals surface area contributed by atoms with E-state index in [9.17, 15) is 10.5 Å². The van der Waals surface area contributed by atoms with Crippen molar-refractivity contribution in [2.75, 3.05) is 13.2 Å². The molecule has 8 nitrogen and oxygen atoms in total. The van der Waals surface area contributed by atoms with Gasteiger partial charge in [0.15, 0.2) is 0 Å². The number of rotatable bonds is 28. The number of hydrogen-bond donors (Lipinski definition) is 0. The average molecular weight is 1450 g/mol. The number of nitriles is 2. The van der Waals surface area contributed by atoms with Crippen molar-refractivity contribution in [3.63, 3.8) is 0 Å². The molecule has 12 rings (SSSR count). The molecule has 12 aromatic rings. The Morgan fingerprint density at radius 1 is 0.373 bits per heavy atom. The summed E-state index contributed by atoms with van der Waals surface area (Å²) >= 11 is 0. The normalized spacial score (nSPS) is 14.4. The molecule has 0 aliphatic heterocycles. The molecule has 0 aliphatic rings. The van der Waals surface area contributed by atoms with Crippen LogP contribution >= 0.6 is 0 Å². The van der Waals surface area contributed by atoms with Gasteiger partial charge in [-0.05, 0) is 144 Å². The van der Waals surface area contributed by atoms with Gasteiger partial charge in [-0.3, -0.25) is 0 Å². The maximum absolute atomic E-state index is 12.9. The lowest BCUT2D eigenvalue weighted by Gasteiger charge is -2.31. The maximum Gasteiger partial charge on any atom is 0.328 e. The predicted molar refractivity (Wildman–Crippen MR) is 466 cm³/mol. The summed E-state index contributed by atoms with van der Waals surface area (Å²) in [5, 5.41) is 30.5. The first-order valence-electron chi connectivity index (χ1n) is 40.4. The molecule has 0 amide bonds. The first-order valence-corrected chi connectivity index (χ1v) is 40.4. The summed E-state index contributed by atoms with van der Waals surface area (Å²) < 4.78 is 19.7. The van der Waals surface area contributed by atoms with Gasteiger partial charge >= 0.3 is 13.7 Å². The Balaban J connectivity index is 1.27. The second kappa shape index (κ2) is 34.4. The molecule has 4 heterocycles. The largest absolute Gasteiger partial charge is 0.493 e. The molecule has 6 unspecified atom stereocenters. The van der Waals surface area contributed by atoms with Crippen LogP contribution in [0.5, 0.6) is 11.5 Å². The number of ether oxygens (including phenoxy) is 2. The van der Waals surface area contributed by atoms with E-state index in [2.05, 4.69) is 326 Å². The fourth-order valence-corrected chi connectivity index (χ4v) is 17.9. The van der Waals surface area contributed by atoms with E-state index in [0.717, 1.165) is 140 Å². The van der Waals surface area contributed by atoms with Gasteiger partial charge in [0.05, 0.1) is 46.3 Å². The monoisotopic (exact) mass is 1450 g/mol. The number of para-hydroxylation sites is 2. The molecular formula is C100H114B2N6O2. The van der Waals surface area contributed by atoms with Crippen LogP contribution in [-0.4, -0.2) is 45.8 Å².